The van der Waals surface area contributed by atoms with Crippen LogP contribution in [0.3, 0.4) is 0 Å². The van der Waals surface area contributed by atoms with Gasteiger partial charge in [0, 0.05) is 19.2 Å². The van der Waals surface area contributed by atoms with Crippen LogP contribution >= 0.6 is 0 Å². The van der Waals surface area contributed by atoms with Crippen LogP contribution in [0.15, 0.2) is 12.3 Å². The molecule has 1 aromatic rings. The summed E-state index contributed by atoms with van der Waals surface area (Å²) in [7, 11) is 0. The molecule has 0 aliphatic carbocycles. The van der Waals surface area contributed by atoms with E-state index in [4.69, 9.17) is 0 Å². The van der Waals surface area contributed by atoms with E-state index in [2.05, 4.69) is 9.88 Å². The van der Waals surface area contributed by atoms with Gasteiger partial charge in [-0.1, -0.05) is 0 Å². The summed E-state index contributed by atoms with van der Waals surface area (Å²) >= 11 is 0. The van der Waals surface area contributed by atoms with Gasteiger partial charge in [-0.2, -0.15) is 0 Å². The lowest BCUT2D eigenvalue weighted by Crippen LogP contribution is -2.18. The zero-order valence-corrected chi connectivity index (χ0v) is 7.76. The molecule has 1 aromatic heterocycles. The number of halogens is 1. The number of anilines is 1. The van der Waals surface area contributed by atoms with Crippen molar-refractivity contribution in [3.63, 3.8) is 0 Å². The molecule has 2 rings (SSSR count). The van der Waals surface area contributed by atoms with Crippen LogP contribution in [0.25, 0.3) is 0 Å². The molecule has 0 atom stereocenters. The standard InChI is InChI=1S/C10H13FN2/c1-8-10(11)6-9(7-12-8)13-4-2-3-5-13/h6-7H,2-5H2,1H3. The van der Waals surface area contributed by atoms with Crippen LogP contribution in [0.2, 0.25) is 0 Å². The first-order valence-corrected chi connectivity index (χ1v) is 4.64. The lowest BCUT2D eigenvalue weighted by molar-refractivity contribution is 0.609. The minimum Gasteiger partial charge on any atom is -0.370 e. The average molecular weight is 180 g/mol. The molecular formula is C10H13FN2. The number of aromatic nitrogens is 1. The number of pyridine rings is 1. The maximum Gasteiger partial charge on any atom is 0.146 e. The predicted molar refractivity (Wildman–Crippen MR) is 50.4 cm³/mol. The molecule has 70 valence electrons. The summed E-state index contributed by atoms with van der Waals surface area (Å²) in [6.07, 6.45) is 4.16. The monoisotopic (exact) mass is 180 g/mol. The molecule has 0 bridgehead atoms. The van der Waals surface area contributed by atoms with Crippen molar-refractivity contribution in [2.75, 3.05) is 18.0 Å². The maximum absolute atomic E-state index is 13.1. The van der Waals surface area contributed by atoms with E-state index in [1.165, 1.54) is 12.8 Å². The highest BCUT2D eigenvalue weighted by Gasteiger charge is 2.13. The second kappa shape index (κ2) is 3.32. The van der Waals surface area contributed by atoms with E-state index in [1.54, 1.807) is 19.2 Å². The molecule has 13 heavy (non-hydrogen) atoms. The Morgan fingerprint density at radius 3 is 2.69 bits per heavy atom. The number of nitrogens with zero attached hydrogens (tertiary/aromatic N) is 2. The minimum absolute atomic E-state index is 0.204. The Balaban J connectivity index is 2.25. The molecule has 2 nitrogen and oxygen atoms in total. The Labute approximate surface area is 77.4 Å². The van der Waals surface area contributed by atoms with Crippen molar-refractivity contribution in [1.82, 2.24) is 4.98 Å². The zero-order chi connectivity index (χ0) is 9.26. The fraction of sp³-hybridized carbons (Fsp3) is 0.500. The summed E-state index contributed by atoms with van der Waals surface area (Å²) in [5, 5.41) is 0. The Morgan fingerprint density at radius 2 is 2.08 bits per heavy atom. The van der Waals surface area contributed by atoms with Crippen molar-refractivity contribution in [2.45, 2.75) is 19.8 Å². The van der Waals surface area contributed by atoms with Crippen molar-refractivity contribution >= 4 is 5.69 Å². The Hall–Kier alpha value is -1.12. The number of hydrogen-bond acceptors (Lipinski definition) is 2. The number of aryl methyl sites for hydroxylation is 1. The van der Waals surface area contributed by atoms with E-state index in [-0.39, 0.29) is 5.82 Å². The Morgan fingerprint density at radius 1 is 1.38 bits per heavy atom. The van der Waals surface area contributed by atoms with Crippen LogP contribution in [0.5, 0.6) is 0 Å². The molecule has 0 unspecified atom stereocenters. The molecule has 0 spiro atoms. The number of hydrogen-bond donors (Lipinski definition) is 0. The normalized spacial score (nSPS) is 16.6. The summed E-state index contributed by atoms with van der Waals surface area (Å²) in [5.41, 5.74) is 1.39. The lowest BCUT2D eigenvalue weighted by atomic mass is 10.3. The smallest absolute Gasteiger partial charge is 0.146 e. The van der Waals surface area contributed by atoms with Crippen LogP contribution < -0.4 is 4.90 Å². The topological polar surface area (TPSA) is 16.1 Å². The van der Waals surface area contributed by atoms with Crippen molar-refractivity contribution in [1.29, 1.82) is 0 Å². The highest BCUT2D eigenvalue weighted by molar-refractivity contribution is 5.45. The van der Waals surface area contributed by atoms with Gasteiger partial charge in [-0.15, -0.1) is 0 Å². The van der Waals surface area contributed by atoms with Gasteiger partial charge in [-0.25, -0.2) is 4.39 Å². The summed E-state index contributed by atoms with van der Waals surface area (Å²) in [5.74, 6) is -0.204. The first kappa shape index (κ1) is 8.48. The summed E-state index contributed by atoms with van der Waals surface area (Å²) < 4.78 is 13.1. The Kier molecular flexibility index (Phi) is 2.17. The van der Waals surface area contributed by atoms with E-state index < -0.39 is 0 Å². The second-order valence-electron chi connectivity index (χ2n) is 3.45. The van der Waals surface area contributed by atoms with Gasteiger partial charge in [0.1, 0.15) is 5.82 Å². The van der Waals surface area contributed by atoms with Gasteiger partial charge in [0.15, 0.2) is 0 Å². The molecule has 1 aliphatic heterocycles. The van der Waals surface area contributed by atoms with E-state index >= 15 is 0 Å². The van der Waals surface area contributed by atoms with Crippen molar-refractivity contribution in [3.8, 4) is 0 Å². The third kappa shape index (κ3) is 1.64. The van der Waals surface area contributed by atoms with E-state index in [9.17, 15) is 4.39 Å². The van der Waals surface area contributed by atoms with Crippen LogP contribution in [0.1, 0.15) is 18.5 Å². The average Bonchev–Trinajstić information content (AvgIpc) is 2.62. The van der Waals surface area contributed by atoms with E-state index in [1.807, 2.05) is 0 Å². The molecule has 0 N–H and O–H groups in total. The third-order valence-corrected chi connectivity index (χ3v) is 2.48. The van der Waals surface area contributed by atoms with E-state index in [0.717, 1.165) is 18.8 Å². The highest BCUT2D eigenvalue weighted by Crippen LogP contribution is 2.20. The molecule has 0 saturated carbocycles. The minimum atomic E-state index is -0.204. The zero-order valence-electron chi connectivity index (χ0n) is 7.76. The highest BCUT2D eigenvalue weighted by atomic mass is 19.1. The first-order valence-electron chi connectivity index (χ1n) is 4.64. The van der Waals surface area contributed by atoms with Crippen molar-refractivity contribution < 1.29 is 4.39 Å². The fourth-order valence-corrected chi connectivity index (χ4v) is 1.64. The third-order valence-electron chi connectivity index (χ3n) is 2.48. The Bertz CT molecular complexity index is 306. The van der Waals surface area contributed by atoms with Crippen LogP contribution in [0, 0.1) is 12.7 Å². The summed E-state index contributed by atoms with van der Waals surface area (Å²) in [6, 6.07) is 1.58. The molecule has 3 heteroatoms. The second-order valence-corrected chi connectivity index (χ2v) is 3.45. The fourth-order valence-electron chi connectivity index (χ4n) is 1.64. The molecule has 0 amide bonds. The van der Waals surface area contributed by atoms with Crippen molar-refractivity contribution in [3.05, 3.63) is 23.8 Å². The summed E-state index contributed by atoms with van der Waals surface area (Å²) in [4.78, 5) is 6.18. The molecule has 1 fully saturated rings. The SMILES string of the molecule is Cc1ncc(N2CCCC2)cc1F. The van der Waals surface area contributed by atoms with Gasteiger partial charge < -0.3 is 4.90 Å². The molecule has 2 heterocycles. The number of rotatable bonds is 1. The van der Waals surface area contributed by atoms with Gasteiger partial charge in [0.2, 0.25) is 0 Å². The largest absolute Gasteiger partial charge is 0.370 e. The van der Waals surface area contributed by atoms with E-state index in [0.29, 0.717) is 5.69 Å². The summed E-state index contributed by atoms with van der Waals surface area (Å²) in [6.45, 7) is 3.75. The van der Waals surface area contributed by atoms with Crippen molar-refractivity contribution in [2.24, 2.45) is 0 Å². The molecule has 1 aliphatic rings. The van der Waals surface area contributed by atoms with Crippen LogP contribution in [-0.4, -0.2) is 18.1 Å². The first-order chi connectivity index (χ1) is 6.27. The quantitative estimate of drug-likeness (QED) is 0.658. The van der Waals surface area contributed by atoms with Gasteiger partial charge in [0.25, 0.3) is 0 Å². The molecular weight excluding hydrogens is 167 g/mol. The molecule has 0 aromatic carbocycles. The van der Waals surface area contributed by atoms with Gasteiger partial charge >= 0.3 is 0 Å². The molecule has 1 saturated heterocycles. The lowest BCUT2D eigenvalue weighted by Gasteiger charge is -2.16. The molecule has 0 radical (unpaired) electrons. The maximum atomic E-state index is 13.1. The predicted octanol–water partition coefficient (Wildman–Crippen LogP) is 2.13. The van der Waals surface area contributed by atoms with Gasteiger partial charge in [0.05, 0.1) is 17.6 Å². The van der Waals surface area contributed by atoms with Gasteiger partial charge in [-0.05, 0) is 19.8 Å². The van der Waals surface area contributed by atoms with Gasteiger partial charge in [-0.3, -0.25) is 4.98 Å². The van der Waals surface area contributed by atoms with Crippen LogP contribution in [0.4, 0.5) is 10.1 Å². The van der Waals surface area contributed by atoms with Crippen LogP contribution in [-0.2, 0) is 0 Å².